The number of likely N-dealkylation sites (N-methyl/N-ethyl adjacent to an activating group) is 2. The molecule has 2 heterocycles. The maximum atomic E-state index is 14.4. The van der Waals surface area contributed by atoms with E-state index in [4.69, 9.17) is 9.47 Å². The van der Waals surface area contributed by atoms with Gasteiger partial charge in [0.15, 0.2) is 6.10 Å². The van der Waals surface area contributed by atoms with Crippen molar-refractivity contribution in [3.8, 4) is 5.75 Å². The number of phenolic OH excluding ortho intramolecular Hbond substituents is 1. The highest BCUT2D eigenvalue weighted by molar-refractivity contribution is 7.09. The van der Waals surface area contributed by atoms with Crippen LogP contribution in [0.3, 0.4) is 0 Å². The molecule has 8 amide bonds. The molecular formula is C54H84N10O12S. The Bertz CT molecular complexity index is 2400. The van der Waals surface area contributed by atoms with Gasteiger partial charge < -0.3 is 40.7 Å². The normalized spacial score (nSPS) is 15.0. The fourth-order valence-electron chi connectivity index (χ4n) is 8.13. The largest absolute Gasteiger partial charge is 0.506 e. The van der Waals surface area contributed by atoms with E-state index in [9.17, 15) is 48.3 Å². The van der Waals surface area contributed by atoms with E-state index in [1.807, 2.05) is 27.7 Å². The summed E-state index contributed by atoms with van der Waals surface area (Å²) in [5, 5.41) is 24.2. The number of aromatic hydroxyl groups is 1. The van der Waals surface area contributed by atoms with Gasteiger partial charge in [-0.15, -0.1) is 11.3 Å². The van der Waals surface area contributed by atoms with Gasteiger partial charge in [0.25, 0.3) is 17.7 Å². The Kier molecular flexibility index (Phi) is 25.2. The molecule has 428 valence electrons. The summed E-state index contributed by atoms with van der Waals surface area (Å²) in [6, 6.07) is 2.53. The van der Waals surface area contributed by atoms with Crippen LogP contribution in [0.5, 0.6) is 5.75 Å². The second kappa shape index (κ2) is 29.9. The molecule has 0 saturated carbocycles. The third-order valence-electron chi connectivity index (χ3n) is 13.4. The first kappa shape index (κ1) is 64.8. The van der Waals surface area contributed by atoms with Crippen LogP contribution in [-0.4, -0.2) is 148 Å². The standard InChI is InChI=1S/C54H84N10O12S/c1-15-33(4)46(60-51(73)54(10,11)62(12)13)50(72)63(14)40(32(2)3)30-42(75-35(6)65)49-59-39(31-77-49)48(71)57-37(27-34(5)47(70)55-24-16-17-25-56-61-52(74)76-53(7,8)9)28-36-20-21-41(66)38(29-36)58-43(67)19-18-26-64-44(68)22-23-45(64)69/h20-23,29,31-34,37,40,42,46,56,66H,15-19,24-28,30H2,1-14H3,(H,55,70)(H,57,71)(H,58,67)(H,60,73)(H,61,74)/t33-,34?,37+,40+,42+,46-/m0/s1. The van der Waals surface area contributed by atoms with E-state index < -0.39 is 77.0 Å². The third kappa shape index (κ3) is 20.8. The molecule has 3 rings (SSSR count). The number of benzene rings is 1. The van der Waals surface area contributed by atoms with Crippen LogP contribution in [0.2, 0.25) is 0 Å². The number of phenols is 1. The summed E-state index contributed by atoms with van der Waals surface area (Å²) in [5.41, 5.74) is 4.43. The van der Waals surface area contributed by atoms with E-state index >= 15 is 0 Å². The minimum Gasteiger partial charge on any atom is -0.506 e. The molecule has 0 radical (unpaired) electrons. The molecule has 0 bridgehead atoms. The molecule has 0 spiro atoms. The number of ether oxygens (including phenoxy) is 2. The summed E-state index contributed by atoms with van der Waals surface area (Å²) >= 11 is 1.10. The molecule has 1 aliphatic heterocycles. The highest BCUT2D eigenvalue weighted by Gasteiger charge is 2.39. The fourth-order valence-corrected chi connectivity index (χ4v) is 8.97. The monoisotopic (exact) mass is 1100 g/mol. The van der Waals surface area contributed by atoms with Crippen molar-refractivity contribution in [3.63, 3.8) is 0 Å². The lowest BCUT2D eigenvalue weighted by Gasteiger charge is -2.38. The number of rotatable bonds is 30. The van der Waals surface area contributed by atoms with Crippen molar-refractivity contribution in [2.75, 3.05) is 46.1 Å². The summed E-state index contributed by atoms with van der Waals surface area (Å²) in [7, 11) is 5.25. The molecule has 0 saturated heterocycles. The van der Waals surface area contributed by atoms with Gasteiger partial charge >= 0.3 is 12.1 Å². The van der Waals surface area contributed by atoms with Gasteiger partial charge in [-0.05, 0) is 110 Å². The Morgan fingerprint density at radius 1 is 0.883 bits per heavy atom. The van der Waals surface area contributed by atoms with Gasteiger partial charge in [0, 0.05) is 82.0 Å². The van der Waals surface area contributed by atoms with Crippen molar-refractivity contribution in [3.05, 3.63) is 52.0 Å². The van der Waals surface area contributed by atoms with Crippen LogP contribution >= 0.6 is 11.3 Å². The molecule has 1 unspecified atom stereocenters. The average molecular weight is 1100 g/mol. The molecule has 1 aromatic heterocycles. The van der Waals surface area contributed by atoms with Crippen LogP contribution < -0.4 is 32.1 Å². The Morgan fingerprint density at radius 2 is 1.53 bits per heavy atom. The van der Waals surface area contributed by atoms with Crippen LogP contribution in [0.4, 0.5) is 10.5 Å². The minimum absolute atomic E-state index is 0.0133. The zero-order valence-electron chi connectivity index (χ0n) is 47.4. The van der Waals surface area contributed by atoms with Gasteiger partial charge in [-0.2, -0.15) is 0 Å². The number of hydrazine groups is 1. The van der Waals surface area contributed by atoms with Crippen molar-refractivity contribution >= 4 is 70.4 Å². The van der Waals surface area contributed by atoms with Gasteiger partial charge in [0.1, 0.15) is 28.1 Å². The molecule has 7 N–H and O–H groups in total. The van der Waals surface area contributed by atoms with E-state index in [2.05, 4.69) is 37.1 Å². The van der Waals surface area contributed by atoms with E-state index in [0.717, 1.165) is 16.2 Å². The minimum atomic E-state index is -0.963. The Balaban J connectivity index is 1.84. The van der Waals surface area contributed by atoms with Crippen molar-refractivity contribution < 1.29 is 57.7 Å². The number of unbranched alkanes of at least 4 members (excludes halogenated alkanes) is 1. The van der Waals surface area contributed by atoms with Gasteiger partial charge in [-0.25, -0.2) is 15.2 Å². The van der Waals surface area contributed by atoms with Crippen LogP contribution in [0.15, 0.2) is 35.7 Å². The lowest BCUT2D eigenvalue weighted by Crippen LogP contribution is -2.60. The molecule has 23 heteroatoms. The number of amides is 8. The Hall–Kier alpha value is -6.46. The Labute approximate surface area is 457 Å². The highest BCUT2D eigenvalue weighted by Crippen LogP contribution is 2.32. The van der Waals surface area contributed by atoms with Crippen LogP contribution in [0.1, 0.15) is 148 Å². The van der Waals surface area contributed by atoms with E-state index in [1.54, 1.807) is 84.6 Å². The van der Waals surface area contributed by atoms with Crippen molar-refractivity contribution in [1.82, 2.24) is 46.5 Å². The molecular weight excluding hydrogens is 1010 g/mol. The summed E-state index contributed by atoms with van der Waals surface area (Å²) in [6.07, 6.45) is 3.14. The molecule has 22 nitrogen and oxygen atoms in total. The predicted octanol–water partition coefficient (Wildman–Crippen LogP) is 5.13. The maximum Gasteiger partial charge on any atom is 0.422 e. The third-order valence-corrected chi connectivity index (χ3v) is 14.3. The first-order valence-corrected chi connectivity index (χ1v) is 27.2. The lowest BCUT2D eigenvalue weighted by molar-refractivity contribution is -0.149. The van der Waals surface area contributed by atoms with Crippen molar-refractivity contribution in [2.45, 2.75) is 163 Å². The summed E-state index contributed by atoms with van der Waals surface area (Å²) in [5.74, 6) is -4.63. The quantitative estimate of drug-likeness (QED) is 0.0175. The number of aromatic nitrogens is 1. The molecule has 2 aromatic rings. The summed E-state index contributed by atoms with van der Waals surface area (Å²) < 4.78 is 11.0. The number of carbonyl (C=O) groups excluding carboxylic acids is 9. The number of nitrogens with one attached hydrogen (secondary N) is 6. The van der Waals surface area contributed by atoms with Gasteiger partial charge in [-0.3, -0.25) is 53.6 Å². The first-order chi connectivity index (χ1) is 35.9. The van der Waals surface area contributed by atoms with Gasteiger partial charge in [0.2, 0.25) is 23.6 Å². The zero-order valence-corrected chi connectivity index (χ0v) is 48.2. The SMILES string of the molecule is CC[C@H](C)[C@H](NC(=O)C(C)(C)N(C)C)C(=O)N(C)[C@H](C[C@@H](OC(C)=O)c1nc(C(=O)N[C@@H](Cc2ccc(O)c(NC(=O)CCCN3C(=O)C=CC3=O)c2)CC(C)C(=O)NCCCCNNC(=O)OC(C)(C)C)cs1)C(C)C. The van der Waals surface area contributed by atoms with E-state index in [0.29, 0.717) is 42.9 Å². The first-order valence-electron chi connectivity index (χ1n) is 26.3. The number of hydrogen-bond donors (Lipinski definition) is 7. The number of esters is 1. The van der Waals surface area contributed by atoms with Crippen LogP contribution in [-0.2, 0) is 49.5 Å². The average Bonchev–Trinajstić information content (AvgIpc) is 3.97. The lowest BCUT2D eigenvalue weighted by atomic mass is 9.92. The number of anilines is 1. The van der Waals surface area contributed by atoms with Crippen LogP contribution in [0.25, 0.3) is 0 Å². The van der Waals surface area contributed by atoms with Crippen molar-refractivity contribution in [1.29, 1.82) is 0 Å². The molecule has 0 fully saturated rings. The van der Waals surface area contributed by atoms with Gasteiger partial charge in [-0.1, -0.05) is 47.1 Å². The molecule has 1 aromatic carbocycles. The molecule has 77 heavy (non-hydrogen) atoms. The second-order valence-electron chi connectivity index (χ2n) is 21.7. The maximum absolute atomic E-state index is 14.4. The van der Waals surface area contributed by atoms with Crippen LogP contribution in [0, 0.1) is 17.8 Å². The van der Waals surface area contributed by atoms with Crippen molar-refractivity contribution in [2.24, 2.45) is 17.8 Å². The molecule has 0 aliphatic carbocycles. The predicted molar refractivity (Wildman–Crippen MR) is 292 cm³/mol. The van der Waals surface area contributed by atoms with E-state index in [1.165, 1.54) is 30.5 Å². The number of nitrogens with zero attached hydrogens (tertiary/aromatic N) is 4. The topological polar surface area (TPSA) is 287 Å². The zero-order chi connectivity index (χ0) is 57.9. The second-order valence-corrected chi connectivity index (χ2v) is 22.6. The number of carbonyl (C=O) groups is 9. The van der Waals surface area contributed by atoms with Gasteiger partial charge in [0.05, 0.1) is 11.2 Å². The fraction of sp³-hybridized carbons (Fsp3) is 0.630. The summed E-state index contributed by atoms with van der Waals surface area (Å²) in [6.45, 7) is 20.4. The number of imide groups is 1. The smallest absolute Gasteiger partial charge is 0.422 e. The Morgan fingerprint density at radius 3 is 2.13 bits per heavy atom. The molecule has 6 atom stereocenters. The number of thiazole rings is 1. The highest BCUT2D eigenvalue weighted by atomic mass is 32.1. The number of hydrogen-bond acceptors (Lipinski definition) is 16. The molecule has 1 aliphatic rings. The van der Waals surface area contributed by atoms with E-state index in [-0.39, 0.29) is 85.3 Å². The summed E-state index contributed by atoms with van der Waals surface area (Å²) in [4.78, 5) is 126.